The number of hydrogen-bond donors (Lipinski definition) is 1. The molecule has 8 atom stereocenters. The lowest BCUT2D eigenvalue weighted by atomic mass is 9.47. The molecule has 168 valence electrons. The van der Waals surface area contributed by atoms with Gasteiger partial charge in [-0.25, -0.2) is 4.79 Å². The van der Waals surface area contributed by atoms with Crippen molar-refractivity contribution in [2.24, 2.45) is 34.5 Å². The predicted octanol–water partition coefficient (Wildman–Crippen LogP) is 3.95. The van der Waals surface area contributed by atoms with Crippen LogP contribution in [0.3, 0.4) is 0 Å². The first-order valence-corrected chi connectivity index (χ1v) is 11.9. The molecule has 30 heavy (non-hydrogen) atoms. The fourth-order valence-corrected chi connectivity index (χ4v) is 7.94. The van der Waals surface area contributed by atoms with Crippen molar-refractivity contribution in [2.75, 3.05) is 14.1 Å². The summed E-state index contributed by atoms with van der Waals surface area (Å²) in [5.41, 5.74) is 1.92. The zero-order valence-electron chi connectivity index (χ0n) is 19.3. The minimum absolute atomic E-state index is 0.161. The summed E-state index contributed by atoms with van der Waals surface area (Å²) in [6, 6.07) is 0. The van der Waals surface area contributed by atoms with Crippen molar-refractivity contribution in [3.05, 3.63) is 11.6 Å². The molecule has 0 aromatic carbocycles. The monoisotopic (exact) mass is 417 g/mol. The first kappa shape index (κ1) is 21.9. The van der Waals surface area contributed by atoms with Crippen LogP contribution in [0.4, 0.5) is 0 Å². The highest BCUT2D eigenvalue weighted by atomic mass is 16.5. The van der Waals surface area contributed by atoms with Crippen molar-refractivity contribution < 1.29 is 19.4 Å². The van der Waals surface area contributed by atoms with Crippen LogP contribution in [0.15, 0.2) is 11.6 Å². The minimum Gasteiger partial charge on any atom is -0.455 e. The van der Waals surface area contributed by atoms with Crippen molar-refractivity contribution in [3.63, 3.8) is 0 Å². The first-order chi connectivity index (χ1) is 14.1. The van der Waals surface area contributed by atoms with E-state index in [-0.39, 0.29) is 23.0 Å². The molecular weight excluding hydrogens is 378 g/mol. The third kappa shape index (κ3) is 3.32. The fraction of sp³-hybridized carbons (Fsp3) is 0.840. The van der Waals surface area contributed by atoms with Gasteiger partial charge in [0, 0.05) is 20.0 Å². The number of rotatable bonds is 2. The first-order valence-electron chi connectivity index (χ1n) is 11.9. The van der Waals surface area contributed by atoms with Gasteiger partial charge in [-0.05, 0) is 86.9 Å². The number of hydrogen-bond acceptors (Lipinski definition) is 4. The Bertz CT molecular complexity index is 745. The van der Waals surface area contributed by atoms with Crippen LogP contribution in [0.2, 0.25) is 0 Å². The highest BCUT2D eigenvalue weighted by Crippen LogP contribution is 2.66. The smallest absolute Gasteiger partial charge is 0.397 e. The van der Waals surface area contributed by atoms with Gasteiger partial charge in [0.25, 0.3) is 0 Å². The molecule has 3 fully saturated rings. The summed E-state index contributed by atoms with van der Waals surface area (Å²) in [7, 11) is 3.16. The third-order valence-corrected chi connectivity index (χ3v) is 9.59. The Labute approximate surface area is 181 Å². The van der Waals surface area contributed by atoms with Gasteiger partial charge in [-0.3, -0.25) is 4.79 Å². The molecule has 0 heterocycles. The van der Waals surface area contributed by atoms with E-state index >= 15 is 0 Å². The van der Waals surface area contributed by atoms with Crippen LogP contribution < -0.4 is 0 Å². The van der Waals surface area contributed by atoms with Crippen molar-refractivity contribution >= 4 is 11.9 Å². The van der Waals surface area contributed by atoms with Crippen molar-refractivity contribution in [2.45, 2.75) is 84.3 Å². The number of esters is 1. The van der Waals surface area contributed by atoms with E-state index in [1.165, 1.54) is 29.7 Å². The van der Waals surface area contributed by atoms with E-state index in [0.29, 0.717) is 23.7 Å². The molecule has 1 N–H and O–H groups in total. The maximum absolute atomic E-state index is 12.2. The molecule has 4 aliphatic rings. The van der Waals surface area contributed by atoms with E-state index < -0.39 is 11.9 Å². The number of fused-ring (bicyclic) bond motifs is 5. The molecule has 0 spiro atoms. The Morgan fingerprint density at radius 1 is 1.13 bits per heavy atom. The number of ether oxygens (including phenoxy) is 1. The van der Waals surface area contributed by atoms with Crippen LogP contribution in [0, 0.1) is 34.5 Å². The van der Waals surface area contributed by atoms with Gasteiger partial charge < -0.3 is 14.7 Å². The predicted molar refractivity (Wildman–Crippen MR) is 115 cm³/mol. The molecule has 0 aromatic heterocycles. The molecule has 5 heteroatoms. The lowest BCUT2D eigenvalue weighted by Gasteiger charge is -2.58. The zero-order chi connectivity index (χ0) is 21.8. The second-order valence-electron chi connectivity index (χ2n) is 11.2. The van der Waals surface area contributed by atoms with Gasteiger partial charge in [0.1, 0.15) is 6.10 Å². The number of aliphatic hydroxyl groups is 1. The summed E-state index contributed by atoms with van der Waals surface area (Å²) in [5.74, 6) is 1.04. The molecule has 1 unspecified atom stereocenters. The number of likely N-dealkylation sites (N-methyl/N-ethyl adjacent to an activating group) is 1. The summed E-state index contributed by atoms with van der Waals surface area (Å²) in [6.45, 7) is 6.84. The molecule has 3 saturated carbocycles. The quantitative estimate of drug-likeness (QED) is 0.420. The second kappa shape index (κ2) is 7.65. The SMILES string of the molecule is CC(OC(=O)C(=O)N(C)C)[C@H]1CC[C@H]2[C@@H]3CC=C4C[C@@H](O)CC[C@]4(C)[C@H]3CC[C@]12C. The third-order valence-electron chi connectivity index (χ3n) is 9.59. The van der Waals surface area contributed by atoms with Crippen LogP contribution in [0.1, 0.15) is 72.1 Å². The normalized spacial score (nSPS) is 43.5. The van der Waals surface area contributed by atoms with Crippen LogP contribution >= 0.6 is 0 Å². The van der Waals surface area contributed by atoms with Crippen LogP contribution in [-0.2, 0) is 14.3 Å². The highest BCUT2D eigenvalue weighted by Gasteiger charge is 2.59. The van der Waals surface area contributed by atoms with E-state index in [1.807, 2.05) is 6.92 Å². The molecule has 1 amide bonds. The lowest BCUT2D eigenvalue weighted by Crippen LogP contribution is -2.51. The average molecular weight is 418 g/mol. The van der Waals surface area contributed by atoms with Crippen LogP contribution in [0.25, 0.3) is 0 Å². The number of nitrogens with zero attached hydrogens (tertiary/aromatic N) is 1. The van der Waals surface area contributed by atoms with E-state index in [1.54, 1.807) is 14.1 Å². The van der Waals surface area contributed by atoms with Crippen LogP contribution in [0.5, 0.6) is 0 Å². The van der Waals surface area contributed by atoms with Crippen LogP contribution in [-0.4, -0.2) is 48.2 Å². The van der Waals surface area contributed by atoms with Gasteiger partial charge >= 0.3 is 11.9 Å². The zero-order valence-corrected chi connectivity index (χ0v) is 19.3. The Kier molecular flexibility index (Phi) is 5.57. The molecule has 0 aromatic rings. The number of amides is 1. The Morgan fingerprint density at radius 2 is 1.87 bits per heavy atom. The van der Waals surface area contributed by atoms with E-state index in [2.05, 4.69) is 19.9 Å². The molecule has 0 saturated heterocycles. The maximum Gasteiger partial charge on any atom is 0.397 e. The molecule has 0 bridgehead atoms. The Morgan fingerprint density at radius 3 is 2.57 bits per heavy atom. The molecule has 4 aliphatic carbocycles. The summed E-state index contributed by atoms with van der Waals surface area (Å²) in [6.07, 6.45) is 10.7. The number of allylic oxidation sites excluding steroid dienone is 1. The second-order valence-corrected chi connectivity index (χ2v) is 11.2. The lowest BCUT2D eigenvalue weighted by molar-refractivity contribution is -0.166. The Balaban J connectivity index is 1.51. The molecule has 0 radical (unpaired) electrons. The summed E-state index contributed by atoms with van der Waals surface area (Å²) < 4.78 is 5.66. The van der Waals surface area contributed by atoms with Gasteiger partial charge in [0.15, 0.2) is 0 Å². The van der Waals surface area contributed by atoms with Crippen molar-refractivity contribution in [1.82, 2.24) is 4.90 Å². The van der Waals surface area contributed by atoms with Gasteiger partial charge in [-0.1, -0.05) is 25.5 Å². The van der Waals surface area contributed by atoms with Gasteiger partial charge in [-0.2, -0.15) is 0 Å². The van der Waals surface area contributed by atoms with Gasteiger partial charge in [0.2, 0.25) is 0 Å². The van der Waals surface area contributed by atoms with E-state index in [4.69, 9.17) is 4.74 Å². The largest absolute Gasteiger partial charge is 0.455 e. The van der Waals surface area contributed by atoms with Gasteiger partial charge in [-0.15, -0.1) is 0 Å². The van der Waals surface area contributed by atoms with Gasteiger partial charge in [0.05, 0.1) is 6.10 Å². The topological polar surface area (TPSA) is 66.8 Å². The number of aliphatic hydroxyl groups excluding tert-OH is 1. The van der Waals surface area contributed by atoms with Crippen molar-refractivity contribution in [3.8, 4) is 0 Å². The number of carbonyl (C=O) groups excluding carboxylic acids is 2. The fourth-order valence-electron chi connectivity index (χ4n) is 7.94. The Hall–Kier alpha value is -1.36. The van der Waals surface area contributed by atoms with E-state index in [9.17, 15) is 14.7 Å². The molecule has 0 aliphatic heterocycles. The number of carbonyl (C=O) groups is 2. The molecular formula is C25H39NO4. The molecule has 5 nitrogen and oxygen atoms in total. The van der Waals surface area contributed by atoms with E-state index in [0.717, 1.165) is 32.1 Å². The highest BCUT2D eigenvalue weighted by molar-refractivity contribution is 6.32. The standard InChI is InChI=1S/C25H39NO4/c1-15(30-23(29)22(28)26(4)5)19-8-9-20-18-7-6-16-14-17(27)10-12-24(16,2)21(18)11-13-25(19,20)3/h6,15,17-21,27H,7-14H2,1-5H3/t15?,17-,18-,19+,20-,21-,24-,25+/m0/s1. The summed E-state index contributed by atoms with van der Waals surface area (Å²) in [5, 5.41) is 10.2. The van der Waals surface area contributed by atoms with Crippen molar-refractivity contribution in [1.29, 1.82) is 0 Å². The summed E-state index contributed by atoms with van der Waals surface area (Å²) >= 11 is 0. The average Bonchev–Trinajstić information content (AvgIpc) is 3.05. The maximum atomic E-state index is 12.2. The minimum atomic E-state index is -0.730. The summed E-state index contributed by atoms with van der Waals surface area (Å²) in [4.78, 5) is 25.5. The molecule has 4 rings (SSSR count).